The van der Waals surface area contributed by atoms with Crippen LogP contribution in [0.2, 0.25) is 0 Å². The van der Waals surface area contributed by atoms with Gasteiger partial charge in [0.1, 0.15) is 0 Å². The first-order chi connectivity index (χ1) is 8.89. The van der Waals surface area contributed by atoms with E-state index in [0.717, 1.165) is 9.13 Å². The van der Waals surface area contributed by atoms with Gasteiger partial charge < -0.3 is 5.32 Å². The van der Waals surface area contributed by atoms with E-state index in [2.05, 4.69) is 27.9 Å². The lowest BCUT2D eigenvalue weighted by molar-refractivity contribution is 0.0947. The predicted molar refractivity (Wildman–Crippen MR) is 83.0 cm³/mol. The zero-order valence-electron chi connectivity index (χ0n) is 10.6. The molecule has 1 atom stereocenters. The number of nitrogens with one attached hydrogen (secondary N) is 1. The fraction of sp³-hybridized carbons (Fsp3) is 0.462. The topological polar surface area (TPSA) is 63.2 Å². The molecule has 1 aliphatic rings. The molecule has 1 heterocycles. The summed E-state index contributed by atoms with van der Waals surface area (Å²) in [6, 6.07) is 5.60. The van der Waals surface area contributed by atoms with Crippen molar-refractivity contribution < 1.29 is 13.2 Å². The molecule has 1 aromatic rings. The van der Waals surface area contributed by atoms with E-state index in [-0.39, 0.29) is 23.3 Å². The van der Waals surface area contributed by atoms with Crippen LogP contribution in [0.15, 0.2) is 18.2 Å². The summed E-state index contributed by atoms with van der Waals surface area (Å²) in [7, 11) is -2.88. The average molecular weight is 393 g/mol. The maximum absolute atomic E-state index is 12.1. The number of halogens is 1. The van der Waals surface area contributed by atoms with Gasteiger partial charge >= 0.3 is 0 Å². The number of hydrogen-bond donors (Lipinski definition) is 1. The lowest BCUT2D eigenvalue weighted by Crippen LogP contribution is -2.30. The zero-order chi connectivity index (χ0) is 14.0. The van der Waals surface area contributed by atoms with Gasteiger partial charge in [-0.3, -0.25) is 4.79 Å². The summed E-state index contributed by atoms with van der Waals surface area (Å²) in [5.41, 5.74) is 1.72. The number of amides is 1. The number of sulfone groups is 1. The molecule has 0 aromatic heterocycles. The van der Waals surface area contributed by atoms with Crippen LogP contribution in [-0.4, -0.2) is 32.4 Å². The van der Waals surface area contributed by atoms with Crippen LogP contribution in [0, 0.1) is 16.4 Å². The molecule has 4 nitrogen and oxygen atoms in total. The Hall–Kier alpha value is -0.630. The van der Waals surface area contributed by atoms with E-state index in [1.165, 1.54) is 0 Å². The first-order valence-corrected chi connectivity index (χ1v) is 9.03. The van der Waals surface area contributed by atoms with Crippen LogP contribution in [0.25, 0.3) is 0 Å². The standard InChI is InChI=1S/C13H16INO3S/c1-9-3-2-4-11(12(9)14)13(16)15-7-10-5-6-19(17,18)8-10/h2-4,10H,5-8H2,1H3,(H,15,16). The Bertz CT molecular complexity index is 598. The van der Waals surface area contributed by atoms with Crippen LogP contribution >= 0.6 is 22.6 Å². The molecule has 104 valence electrons. The molecular weight excluding hydrogens is 377 g/mol. The summed E-state index contributed by atoms with van der Waals surface area (Å²) in [5, 5.41) is 2.84. The molecule has 6 heteroatoms. The minimum absolute atomic E-state index is 0.0522. The summed E-state index contributed by atoms with van der Waals surface area (Å²) < 4.78 is 23.6. The van der Waals surface area contributed by atoms with E-state index in [4.69, 9.17) is 0 Å². The smallest absolute Gasteiger partial charge is 0.252 e. The Labute approximate surface area is 127 Å². The van der Waals surface area contributed by atoms with Crippen LogP contribution in [-0.2, 0) is 9.84 Å². The quantitative estimate of drug-likeness (QED) is 0.797. The third-order valence-corrected chi connectivity index (χ3v) is 6.58. The molecule has 1 unspecified atom stereocenters. The van der Waals surface area contributed by atoms with E-state index >= 15 is 0 Å². The molecule has 1 N–H and O–H groups in total. The van der Waals surface area contributed by atoms with Crippen LogP contribution in [0.1, 0.15) is 22.3 Å². The largest absolute Gasteiger partial charge is 0.352 e. The summed E-state index contributed by atoms with van der Waals surface area (Å²) >= 11 is 2.16. The molecule has 1 aromatic carbocycles. The number of carbonyl (C=O) groups excluding carboxylic acids is 1. The van der Waals surface area contributed by atoms with E-state index < -0.39 is 9.84 Å². The van der Waals surface area contributed by atoms with Crippen molar-refractivity contribution in [3.8, 4) is 0 Å². The van der Waals surface area contributed by atoms with Crippen molar-refractivity contribution in [2.45, 2.75) is 13.3 Å². The number of rotatable bonds is 3. The summed E-state index contributed by atoms with van der Waals surface area (Å²) in [4.78, 5) is 12.1. The lowest BCUT2D eigenvalue weighted by atomic mass is 10.1. The number of benzene rings is 1. The predicted octanol–water partition coefficient (Wildman–Crippen LogP) is 1.76. The van der Waals surface area contributed by atoms with Crippen molar-refractivity contribution in [2.24, 2.45) is 5.92 Å². The molecular formula is C13H16INO3S. The highest BCUT2D eigenvalue weighted by Crippen LogP contribution is 2.19. The minimum Gasteiger partial charge on any atom is -0.352 e. The maximum atomic E-state index is 12.1. The van der Waals surface area contributed by atoms with Crippen LogP contribution in [0.5, 0.6) is 0 Å². The van der Waals surface area contributed by atoms with Gasteiger partial charge in [-0.1, -0.05) is 12.1 Å². The molecule has 19 heavy (non-hydrogen) atoms. The molecule has 2 rings (SSSR count). The van der Waals surface area contributed by atoms with Crippen molar-refractivity contribution in [3.63, 3.8) is 0 Å². The fourth-order valence-electron chi connectivity index (χ4n) is 2.19. The van der Waals surface area contributed by atoms with Gasteiger partial charge in [0.15, 0.2) is 9.84 Å². The van der Waals surface area contributed by atoms with Gasteiger partial charge in [-0.05, 0) is 53.5 Å². The highest BCUT2D eigenvalue weighted by atomic mass is 127. The third kappa shape index (κ3) is 3.68. The second kappa shape index (κ2) is 5.78. The van der Waals surface area contributed by atoms with E-state index in [1.54, 1.807) is 6.07 Å². The van der Waals surface area contributed by atoms with Crippen LogP contribution in [0.4, 0.5) is 0 Å². The monoisotopic (exact) mass is 393 g/mol. The number of hydrogen-bond acceptors (Lipinski definition) is 3. The molecule has 0 aliphatic carbocycles. The molecule has 0 bridgehead atoms. The molecule has 1 fully saturated rings. The van der Waals surface area contributed by atoms with Gasteiger partial charge in [-0.2, -0.15) is 0 Å². The normalized spacial score (nSPS) is 21.3. The van der Waals surface area contributed by atoms with E-state index in [9.17, 15) is 13.2 Å². The molecule has 1 amide bonds. The van der Waals surface area contributed by atoms with Gasteiger partial charge in [-0.15, -0.1) is 0 Å². The zero-order valence-corrected chi connectivity index (χ0v) is 13.6. The third-order valence-electron chi connectivity index (χ3n) is 3.31. The van der Waals surface area contributed by atoms with Crippen molar-refractivity contribution >= 4 is 38.3 Å². The van der Waals surface area contributed by atoms with Crippen molar-refractivity contribution in [2.75, 3.05) is 18.1 Å². The number of aryl methyl sites for hydroxylation is 1. The van der Waals surface area contributed by atoms with Crippen LogP contribution in [0.3, 0.4) is 0 Å². The highest BCUT2D eigenvalue weighted by Gasteiger charge is 2.28. The van der Waals surface area contributed by atoms with Gasteiger partial charge in [0, 0.05) is 10.1 Å². The van der Waals surface area contributed by atoms with Crippen molar-refractivity contribution in [3.05, 3.63) is 32.9 Å². The first-order valence-electron chi connectivity index (χ1n) is 6.13. The van der Waals surface area contributed by atoms with Gasteiger partial charge in [0.2, 0.25) is 0 Å². The van der Waals surface area contributed by atoms with Gasteiger partial charge in [-0.25, -0.2) is 8.42 Å². The van der Waals surface area contributed by atoms with Crippen molar-refractivity contribution in [1.29, 1.82) is 0 Å². The van der Waals surface area contributed by atoms with E-state index in [1.807, 2.05) is 19.1 Å². The second-order valence-corrected chi connectivity index (χ2v) is 8.22. The summed E-state index contributed by atoms with van der Waals surface area (Å²) in [6.07, 6.45) is 0.646. The maximum Gasteiger partial charge on any atom is 0.252 e. The molecule has 0 radical (unpaired) electrons. The molecule has 0 saturated carbocycles. The van der Waals surface area contributed by atoms with Crippen LogP contribution < -0.4 is 5.32 Å². The summed E-state index contributed by atoms with van der Waals surface area (Å²) in [6.45, 7) is 2.39. The SMILES string of the molecule is Cc1cccc(C(=O)NCC2CCS(=O)(=O)C2)c1I. The average Bonchev–Trinajstić information content (AvgIpc) is 2.69. The Morgan fingerprint density at radius 2 is 2.21 bits per heavy atom. The van der Waals surface area contributed by atoms with E-state index in [0.29, 0.717) is 18.5 Å². The molecule has 0 spiro atoms. The summed E-state index contributed by atoms with van der Waals surface area (Å²) in [5.74, 6) is 0.363. The molecule has 1 aliphatic heterocycles. The Morgan fingerprint density at radius 3 is 2.84 bits per heavy atom. The highest BCUT2D eigenvalue weighted by molar-refractivity contribution is 14.1. The molecule has 1 saturated heterocycles. The number of carbonyl (C=O) groups is 1. The Kier molecular flexibility index (Phi) is 4.50. The van der Waals surface area contributed by atoms with Gasteiger partial charge in [0.25, 0.3) is 5.91 Å². The lowest BCUT2D eigenvalue weighted by Gasteiger charge is -2.11. The minimum atomic E-state index is -2.88. The van der Waals surface area contributed by atoms with Gasteiger partial charge in [0.05, 0.1) is 17.1 Å². The second-order valence-electron chi connectivity index (χ2n) is 4.92. The first kappa shape index (κ1) is 14.8. The Morgan fingerprint density at radius 1 is 1.47 bits per heavy atom. The Balaban J connectivity index is 1.97. The fourth-order valence-corrected chi connectivity index (χ4v) is 4.65. The van der Waals surface area contributed by atoms with Crippen molar-refractivity contribution in [1.82, 2.24) is 5.32 Å².